The Morgan fingerprint density at radius 2 is 1.27 bits per heavy atom. The van der Waals surface area contributed by atoms with Gasteiger partial charge in [-0.3, -0.25) is 0 Å². The van der Waals surface area contributed by atoms with E-state index < -0.39 is 18.7 Å². The van der Waals surface area contributed by atoms with Crippen LogP contribution in [0.15, 0.2) is 24.3 Å². The van der Waals surface area contributed by atoms with Gasteiger partial charge in [-0.1, -0.05) is 13.2 Å². The molecule has 0 spiro atoms. The molecule has 5 nitrogen and oxygen atoms in total. The molecule has 0 fully saturated rings. The molecule has 0 unspecified atom stereocenters. The van der Waals surface area contributed by atoms with Crippen molar-refractivity contribution >= 4 is 11.9 Å². The largest absolute Gasteiger partial charge is 1.00 e. The first-order valence-electron chi connectivity index (χ1n) is 3.60. The quantitative estimate of drug-likeness (QED) is 0.246. The summed E-state index contributed by atoms with van der Waals surface area (Å²) in [6.07, 6.45) is 0. The molecule has 0 radical (unpaired) electrons. The number of carbonyl (C=O) groups excluding carboxylic acids is 2. The molecule has 0 atom stereocenters. The molecular weight excluding hydrogens is 227 g/mol. The van der Waals surface area contributed by atoms with Crippen LogP contribution >= 0.6 is 0 Å². The minimum Gasteiger partial charge on any atom is -0.870 e. The molecule has 15 heavy (non-hydrogen) atoms. The van der Waals surface area contributed by atoms with Crippen LogP contribution in [0.3, 0.4) is 0 Å². The van der Waals surface area contributed by atoms with Gasteiger partial charge in [0.2, 0.25) is 6.79 Å². The van der Waals surface area contributed by atoms with Gasteiger partial charge in [-0.05, 0) is 13.8 Å². The topological polar surface area (TPSA) is 82.6 Å². The number of carbonyl (C=O) groups is 2. The molecule has 0 bridgehead atoms. The van der Waals surface area contributed by atoms with Crippen molar-refractivity contribution in [1.82, 2.24) is 0 Å². The first-order valence-corrected chi connectivity index (χ1v) is 3.60. The van der Waals surface area contributed by atoms with Crippen molar-refractivity contribution in [2.45, 2.75) is 13.8 Å². The van der Waals surface area contributed by atoms with Crippen molar-refractivity contribution in [3.05, 3.63) is 24.3 Å². The molecule has 0 aliphatic rings. The number of ether oxygens (including phenoxy) is 2. The van der Waals surface area contributed by atoms with E-state index in [0.29, 0.717) is 0 Å². The van der Waals surface area contributed by atoms with Gasteiger partial charge in [0.1, 0.15) is 0 Å². The van der Waals surface area contributed by atoms with Crippen molar-refractivity contribution in [2.75, 3.05) is 6.79 Å². The second-order valence-corrected chi connectivity index (χ2v) is 2.54. The van der Waals surface area contributed by atoms with Crippen LogP contribution in [0, 0.1) is 0 Å². The van der Waals surface area contributed by atoms with E-state index in [1.165, 1.54) is 13.8 Å². The molecule has 0 rings (SSSR count). The van der Waals surface area contributed by atoms with E-state index >= 15 is 0 Å². The predicted molar refractivity (Wildman–Crippen MR) is 48.6 cm³/mol. The zero-order valence-corrected chi connectivity index (χ0v) is 12.3. The number of hydrogen-bond acceptors (Lipinski definition) is 5. The Bertz CT molecular complexity index is 233. The van der Waals surface area contributed by atoms with E-state index in [9.17, 15) is 9.59 Å². The van der Waals surface area contributed by atoms with Gasteiger partial charge in [-0.15, -0.1) is 0 Å². The predicted octanol–water partition coefficient (Wildman–Crippen LogP) is -1.99. The molecule has 6 heteroatoms. The molecule has 0 aliphatic heterocycles. The molecule has 80 valence electrons. The third-order valence-electron chi connectivity index (χ3n) is 1.08. The van der Waals surface area contributed by atoms with Gasteiger partial charge in [0, 0.05) is 11.1 Å². The van der Waals surface area contributed by atoms with E-state index in [4.69, 9.17) is 0 Å². The van der Waals surface area contributed by atoms with Crippen LogP contribution in [-0.2, 0) is 19.1 Å². The van der Waals surface area contributed by atoms with Crippen LogP contribution in [0.5, 0.6) is 0 Å². The summed E-state index contributed by atoms with van der Waals surface area (Å²) in [6, 6.07) is 0. The average molecular weight is 240 g/mol. The molecule has 0 aromatic heterocycles. The molecule has 1 N–H and O–H groups in total. The summed E-state index contributed by atoms with van der Waals surface area (Å²) < 4.78 is 9.00. The zero-order valence-electron chi connectivity index (χ0n) is 9.20. The van der Waals surface area contributed by atoms with Crippen molar-refractivity contribution in [1.29, 1.82) is 0 Å². The second kappa shape index (κ2) is 10.5. The van der Waals surface area contributed by atoms with Crippen molar-refractivity contribution in [3.8, 4) is 0 Å². The average Bonchev–Trinajstić information content (AvgIpc) is 2.03. The monoisotopic (exact) mass is 240 g/mol. The van der Waals surface area contributed by atoms with E-state index in [-0.39, 0.29) is 68.0 Å². The third-order valence-corrected chi connectivity index (χ3v) is 1.08. The maximum Gasteiger partial charge on any atom is 1.00 e. The van der Waals surface area contributed by atoms with Crippen molar-refractivity contribution < 1.29 is 75.9 Å². The van der Waals surface area contributed by atoms with Gasteiger partial charge in [-0.2, -0.15) is 0 Å². The van der Waals surface area contributed by atoms with Crippen LogP contribution in [0.4, 0.5) is 0 Å². The Balaban J connectivity index is -0.000000720. The number of hydrogen-bond donors (Lipinski definition) is 0. The van der Waals surface area contributed by atoms with E-state index in [0.717, 1.165) is 0 Å². The summed E-state index contributed by atoms with van der Waals surface area (Å²) in [7, 11) is 0. The third kappa shape index (κ3) is 10.3. The minimum absolute atomic E-state index is 0. The Kier molecular flexibility index (Phi) is 14.3. The summed E-state index contributed by atoms with van der Waals surface area (Å²) in [5.74, 6) is -1.18. The maximum atomic E-state index is 10.8. The van der Waals surface area contributed by atoms with Gasteiger partial charge in [0.15, 0.2) is 0 Å². The fourth-order valence-electron chi connectivity index (χ4n) is 0.383. The fourth-order valence-corrected chi connectivity index (χ4v) is 0.383. The molecule has 0 saturated heterocycles. The molecule has 0 heterocycles. The summed E-state index contributed by atoms with van der Waals surface area (Å²) in [4.78, 5) is 21.5. The molecule has 0 aromatic rings. The SMILES string of the molecule is C=C(C)C(=O)OCOC(=O)C(=C)C.[K+].[OH-]. The van der Waals surface area contributed by atoms with Crippen LogP contribution in [0.1, 0.15) is 13.8 Å². The van der Waals surface area contributed by atoms with Gasteiger partial charge < -0.3 is 14.9 Å². The smallest absolute Gasteiger partial charge is 0.870 e. The van der Waals surface area contributed by atoms with Crippen LogP contribution in [-0.4, -0.2) is 24.2 Å². The Labute approximate surface area is 131 Å². The van der Waals surface area contributed by atoms with Crippen molar-refractivity contribution in [3.63, 3.8) is 0 Å². The first kappa shape index (κ1) is 20.4. The molecule has 0 aliphatic carbocycles. The Morgan fingerprint density at radius 1 is 1.00 bits per heavy atom. The van der Waals surface area contributed by atoms with Gasteiger partial charge in [0.25, 0.3) is 0 Å². The van der Waals surface area contributed by atoms with Crippen molar-refractivity contribution in [2.24, 2.45) is 0 Å². The van der Waals surface area contributed by atoms with Gasteiger partial charge in [0.05, 0.1) is 0 Å². The molecule has 0 aromatic carbocycles. The first-order chi connectivity index (χ1) is 5.95. The van der Waals surface area contributed by atoms with Crippen LogP contribution in [0.2, 0.25) is 0 Å². The van der Waals surface area contributed by atoms with E-state index in [2.05, 4.69) is 22.6 Å². The summed E-state index contributed by atoms with van der Waals surface area (Å²) in [5, 5.41) is 0. The van der Waals surface area contributed by atoms with E-state index in [1.807, 2.05) is 0 Å². The summed E-state index contributed by atoms with van der Waals surface area (Å²) >= 11 is 0. The summed E-state index contributed by atoms with van der Waals surface area (Å²) in [6.45, 7) is 9.31. The maximum absolute atomic E-state index is 10.8. The Hall–Kier alpha value is 0.0164. The van der Waals surface area contributed by atoms with E-state index in [1.54, 1.807) is 0 Å². The second-order valence-electron chi connectivity index (χ2n) is 2.54. The zero-order chi connectivity index (χ0) is 10.4. The normalized spacial score (nSPS) is 7.60. The fraction of sp³-hybridized carbons (Fsp3) is 0.333. The minimum atomic E-state index is -0.588. The Morgan fingerprint density at radius 3 is 1.47 bits per heavy atom. The van der Waals surface area contributed by atoms with Crippen LogP contribution < -0.4 is 51.4 Å². The molecule has 0 amide bonds. The molecular formula is C9H13KO5. The number of esters is 2. The molecule has 0 saturated carbocycles. The van der Waals surface area contributed by atoms with Crippen LogP contribution in [0.25, 0.3) is 0 Å². The van der Waals surface area contributed by atoms with Gasteiger partial charge in [-0.25, -0.2) is 9.59 Å². The van der Waals surface area contributed by atoms with Gasteiger partial charge >= 0.3 is 63.3 Å². The summed E-state index contributed by atoms with van der Waals surface area (Å²) in [5.41, 5.74) is 0.512. The number of rotatable bonds is 4. The standard InChI is InChI=1S/C9H12O4.K.H2O/c1-6(2)8(10)12-5-13-9(11)7(3)4;;/h1,3,5H2,2,4H3;;1H2/q;+1;/p-1.